The summed E-state index contributed by atoms with van der Waals surface area (Å²) in [4.78, 5) is 20.3. The summed E-state index contributed by atoms with van der Waals surface area (Å²) in [5.41, 5.74) is 1.59. The van der Waals surface area contributed by atoms with Gasteiger partial charge in [0.25, 0.3) is 5.91 Å². The Morgan fingerprint density at radius 2 is 2.15 bits per heavy atom. The zero-order valence-electron chi connectivity index (χ0n) is 12.1. The molecule has 2 aromatic rings. The highest BCUT2D eigenvalue weighted by Crippen LogP contribution is 2.12. The number of amides is 1. The van der Waals surface area contributed by atoms with Crippen molar-refractivity contribution in [2.75, 3.05) is 6.54 Å². The van der Waals surface area contributed by atoms with Gasteiger partial charge in [0.15, 0.2) is 0 Å². The third kappa shape index (κ3) is 3.23. The van der Waals surface area contributed by atoms with Gasteiger partial charge in [0.1, 0.15) is 11.5 Å². The Balaban J connectivity index is 1.92. The number of aromatic nitrogens is 3. The van der Waals surface area contributed by atoms with E-state index >= 15 is 0 Å². The van der Waals surface area contributed by atoms with Crippen molar-refractivity contribution in [2.45, 2.75) is 33.2 Å². The number of imidazole rings is 1. The molecule has 2 heterocycles. The van der Waals surface area contributed by atoms with E-state index in [1.165, 1.54) is 0 Å². The number of rotatable bonds is 5. The molecular formula is C15H20N4O. The number of nitrogens with zero attached hydrogens (tertiary/aromatic N) is 3. The van der Waals surface area contributed by atoms with Crippen LogP contribution in [0.4, 0.5) is 0 Å². The van der Waals surface area contributed by atoms with Crippen LogP contribution in [0.5, 0.6) is 0 Å². The molecule has 5 heteroatoms. The average Bonchev–Trinajstić information content (AvgIpc) is 2.81. The predicted molar refractivity (Wildman–Crippen MR) is 77.6 cm³/mol. The summed E-state index contributed by atoms with van der Waals surface area (Å²) in [7, 11) is 0. The van der Waals surface area contributed by atoms with Crippen LogP contribution in [0.15, 0.2) is 30.6 Å². The number of pyridine rings is 1. The highest BCUT2D eigenvalue weighted by molar-refractivity contribution is 5.92. The molecule has 1 N–H and O–H groups in total. The number of hydrogen-bond donors (Lipinski definition) is 1. The van der Waals surface area contributed by atoms with E-state index in [4.69, 9.17) is 0 Å². The van der Waals surface area contributed by atoms with Crippen molar-refractivity contribution in [3.05, 3.63) is 47.8 Å². The second-order valence-corrected chi connectivity index (χ2v) is 5.00. The Bertz CT molecular complexity index is 575. The van der Waals surface area contributed by atoms with Crippen LogP contribution < -0.4 is 5.32 Å². The van der Waals surface area contributed by atoms with E-state index < -0.39 is 0 Å². The van der Waals surface area contributed by atoms with Gasteiger partial charge in [-0.15, -0.1) is 0 Å². The maximum absolute atomic E-state index is 11.9. The van der Waals surface area contributed by atoms with Crippen LogP contribution in [0.25, 0.3) is 0 Å². The lowest BCUT2D eigenvalue weighted by molar-refractivity contribution is 0.0949. The minimum atomic E-state index is -0.148. The molecule has 0 aliphatic heterocycles. The first kappa shape index (κ1) is 14.2. The summed E-state index contributed by atoms with van der Waals surface area (Å²) in [6.07, 6.45) is 4.20. The van der Waals surface area contributed by atoms with Gasteiger partial charge in [-0.05, 0) is 32.9 Å². The van der Waals surface area contributed by atoms with Gasteiger partial charge in [0.2, 0.25) is 0 Å². The smallest absolute Gasteiger partial charge is 0.269 e. The fraction of sp³-hybridized carbons (Fsp3) is 0.400. The van der Waals surface area contributed by atoms with Crippen molar-refractivity contribution in [3.63, 3.8) is 0 Å². The topological polar surface area (TPSA) is 59.8 Å². The first-order chi connectivity index (χ1) is 9.59. The van der Waals surface area contributed by atoms with Crippen LogP contribution in [-0.4, -0.2) is 27.0 Å². The molecule has 0 atom stereocenters. The third-order valence-electron chi connectivity index (χ3n) is 3.11. The zero-order chi connectivity index (χ0) is 14.5. The number of hydrogen-bond acceptors (Lipinski definition) is 3. The van der Waals surface area contributed by atoms with Crippen LogP contribution in [0, 0.1) is 6.92 Å². The van der Waals surface area contributed by atoms with Gasteiger partial charge in [-0.25, -0.2) is 4.98 Å². The van der Waals surface area contributed by atoms with Gasteiger partial charge in [-0.3, -0.25) is 9.78 Å². The van der Waals surface area contributed by atoms with Crippen LogP contribution in [-0.2, 0) is 6.42 Å². The molecule has 20 heavy (non-hydrogen) atoms. The molecular weight excluding hydrogens is 252 g/mol. The Hall–Kier alpha value is -2.17. The first-order valence-corrected chi connectivity index (χ1v) is 6.81. The fourth-order valence-corrected chi connectivity index (χ4v) is 2.26. The summed E-state index contributed by atoms with van der Waals surface area (Å²) < 4.78 is 2.19. The van der Waals surface area contributed by atoms with Gasteiger partial charge in [-0.1, -0.05) is 6.07 Å². The SMILES string of the molecule is Cc1cnc(CCNC(=O)c2ccccn2)n1C(C)C. The van der Waals surface area contributed by atoms with Crippen molar-refractivity contribution in [3.8, 4) is 0 Å². The summed E-state index contributed by atoms with van der Waals surface area (Å²) in [5.74, 6) is 0.851. The van der Waals surface area contributed by atoms with Gasteiger partial charge >= 0.3 is 0 Å². The molecule has 0 saturated carbocycles. The summed E-state index contributed by atoms with van der Waals surface area (Å²) >= 11 is 0. The highest BCUT2D eigenvalue weighted by Gasteiger charge is 2.11. The third-order valence-corrected chi connectivity index (χ3v) is 3.11. The predicted octanol–water partition coefficient (Wildman–Crippen LogP) is 2.14. The van der Waals surface area contributed by atoms with Crippen LogP contribution in [0.1, 0.15) is 41.9 Å². The monoisotopic (exact) mass is 272 g/mol. The Kier molecular flexibility index (Phi) is 4.50. The second-order valence-electron chi connectivity index (χ2n) is 5.00. The van der Waals surface area contributed by atoms with E-state index in [1.54, 1.807) is 24.4 Å². The van der Waals surface area contributed by atoms with Crippen LogP contribution in [0.3, 0.4) is 0 Å². The van der Waals surface area contributed by atoms with Crippen molar-refractivity contribution in [2.24, 2.45) is 0 Å². The van der Waals surface area contributed by atoms with E-state index in [0.29, 0.717) is 24.7 Å². The van der Waals surface area contributed by atoms with Gasteiger partial charge in [-0.2, -0.15) is 0 Å². The lowest BCUT2D eigenvalue weighted by Crippen LogP contribution is -2.27. The number of aryl methyl sites for hydroxylation is 1. The Morgan fingerprint density at radius 1 is 1.35 bits per heavy atom. The van der Waals surface area contributed by atoms with Crippen molar-refractivity contribution >= 4 is 5.91 Å². The van der Waals surface area contributed by atoms with Crippen molar-refractivity contribution < 1.29 is 4.79 Å². The lowest BCUT2D eigenvalue weighted by atomic mass is 10.3. The quantitative estimate of drug-likeness (QED) is 0.907. The van der Waals surface area contributed by atoms with E-state index in [0.717, 1.165) is 11.5 Å². The molecule has 0 bridgehead atoms. The summed E-state index contributed by atoms with van der Waals surface area (Å²) in [5, 5.41) is 2.87. The molecule has 0 spiro atoms. The second kappa shape index (κ2) is 6.32. The molecule has 0 fully saturated rings. The number of nitrogens with one attached hydrogen (secondary N) is 1. The summed E-state index contributed by atoms with van der Waals surface area (Å²) in [6, 6.07) is 5.67. The van der Waals surface area contributed by atoms with Gasteiger partial charge in [0.05, 0.1) is 0 Å². The largest absolute Gasteiger partial charge is 0.350 e. The van der Waals surface area contributed by atoms with E-state index in [-0.39, 0.29) is 5.91 Å². The molecule has 1 amide bonds. The van der Waals surface area contributed by atoms with E-state index in [1.807, 2.05) is 13.1 Å². The average molecular weight is 272 g/mol. The molecule has 0 saturated heterocycles. The Labute approximate surface area is 119 Å². The molecule has 106 valence electrons. The Morgan fingerprint density at radius 3 is 2.80 bits per heavy atom. The summed E-state index contributed by atoms with van der Waals surface area (Å²) in [6.45, 7) is 6.86. The minimum absolute atomic E-state index is 0.148. The lowest BCUT2D eigenvalue weighted by Gasteiger charge is -2.14. The van der Waals surface area contributed by atoms with Gasteiger partial charge < -0.3 is 9.88 Å². The first-order valence-electron chi connectivity index (χ1n) is 6.81. The zero-order valence-corrected chi connectivity index (χ0v) is 12.1. The maximum atomic E-state index is 11.9. The highest BCUT2D eigenvalue weighted by atomic mass is 16.1. The van der Waals surface area contributed by atoms with Crippen molar-refractivity contribution in [1.82, 2.24) is 19.9 Å². The molecule has 2 aromatic heterocycles. The fourth-order valence-electron chi connectivity index (χ4n) is 2.26. The molecule has 0 aromatic carbocycles. The van der Waals surface area contributed by atoms with E-state index in [9.17, 15) is 4.79 Å². The number of carbonyl (C=O) groups excluding carboxylic acids is 1. The number of carbonyl (C=O) groups is 1. The molecule has 5 nitrogen and oxygen atoms in total. The van der Waals surface area contributed by atoms with Crippen LogP contribution in [0.2, 0.25) is 0 Å². The minimum Gasteiger partial charge on any atom is -0.350 e. The molecule has 0 aliphatic carbocycles. The van der Waals surface area contributed by atoms with E-state index in [2.05, 4.69) is 33.7 Å². The molecule has 2 rings (SSSR count). The molecule has 0 aliphatic rings. The molecule has 0 unspecified atom stereocenters. The maximum Gasteiger partial charge on any atom is 0.269 e. The van der Waals surface area contributed by atoms with Gasteiger partial charge in [0, 0.05) is 37.1 Å². The normalized spacial score (nSPS) is 10.8. The molecule has 0 radical (unpaired) electrons. The van der Waals surface area contributed by atoms with Crippen LogP contribution >= 0.6 is 0 Å². The van der Waals surface area contributed by atoms with Crippen molar-refractivity contribution in [1.29, 1.82) is 0 Å². The standard InChI is InChI=1S/C15H20N4O/c1-11(2)19-12(3)10-18-14(19)7-9-17-15(20)13-6-4-5-8-16-13/h4-6,8,10-11H,7,9H2,1-3H3,(H,17,20).